The number of piperazine rings is 1. The average Bonchev–Trinajstić information content (AvgIpc) is 3.47. The standard InChI is InChI=1S/C27H25N5O2/c1-31-11-13-32(14-12-31)27(34)16-5-6-20-23(15-16)30-25-21(26(28)33)8-7-19(24(20)25)17-3-2-4-22-18(17)9-10-29-22/h2-10,15,29-30H,11-14H2,1H3,(H2,28,33). The quantitative estimate of drug-likeness (QED) is 0.387. The Labute approximate surface area is 196 Å². The molecule has 2 amide bonds. The number of hydrogen-bond acceptors (Lipinski definition) is 3. The second-order valence-electron chi connectivity index (χ2n) is 9.00. The Hall–Kier alpha value is -4.10. The molecular weight excluding hydrogens is 426 g/mol. The third kappa shape index (κ3) is 3.16. The Morgan fingerprint density at radius 1 is 0.882 bits per heavy atom. The van der Waals surface area contributed by atoms with E-state index in [1.54, 1.807) is 6.07 Å². The zero-order chi connectivity index (χ0) is 23.4. The normalized spacial score (nSPS) is 14.9. The highest BCUT2D eigenvalue weighted by atomic mass is 16.2. The maximum absolute atomic E-state index is 13.2. The highest BCUT2D eigenvalue weighted by molar-refractivity contribution is 6.21. The Bertz CT molecular complexity index is 1590. The number of benzene rings is 3. The first kappa shape index (κ1) is 20.5. The second kappa shape index (κ2) is 7.74. The van der Waals surface area contributed by atoms with Crippen molar-refractivity contribution >= 4 is 44.5 Å². The number of primary amides is 1. The topological polar surface area (TPSA) is 98.2 Å². The van der Waals surface area contributed by atoms with Gasteiger partial charge in [0, 0.05) is 65.1 Å². The molecule has 4 N–H and O–H groups in total. The third-order valence-corrected chi connectivity index (χ3v) is 6.94. The first-order valence-electron chi connectivity index (χ1n) is 11.4. The molecule has 1 aliphatic rings. The molecule has 3 heterocycles. The van der Waals surface area contributed by atoms with Crippen LogP contribution in [0, 0.1) is 0 Å². The molecule has 2 aromatic heterocycles. The Balaban J connectivity index is 1.55. The van der Waals surface area contributed by atoms with Gasteiger partial charge in [-0.1, -0.05) is 24.3 Å². The van der Waals surface area contributed by atoms with Gasteiger partial charge in [0.05, 0.1) is 11.1 Å². The van der Waals surface area contributed by atoms with Crippen molar-refractivity contribution in [1.82, 2.24) is 19.8 Å². The van der Waals surface area contributed by atoms with E-state index in [9.17, 15) is 9.59 Å². The average molecular weight is 452 g/mol. The van der Waals surface area contributed by atoms with Gasteiger partial charge in [0.2, 0.25) is 0 Å². The van der Waals surface area contributed by atoms with E-state index >= 15 is 0 Å². The lowest BCUT2D eigenvalue weighted by Crippen LogP contribution is -2.47. The van der Waals surface area contributed by atoms with Gasteiger partial charge >= 0.3 is 0 Å². The molecule has 0 aliphatic carbocycles. The highest BCUT2D eigenvalue weighted by Crippen LogP contribution is 2.39. The molecule has 6 rings (SSSR count). The van der Waals surface area contributed by atoms with Crippen LogP contribution in [0.4, 0.5) is 0 Å². The number of fused-ring (bicyclic) bond motifs is 4. The summed E-state index contributed by atoms with van der Waals surface area (Å²) in [5, 5.41) is 2.99. The molecule has 7 nitrogen and oxygen atoms in total. The highest BCUT2D eigenvalue weighted by Gasteiger charge is 2.22. The van der Waals surface area contributed by atoms with Gasteiger partial charge < -0.3 is 25.5 Å². The van der Waals surface area contributed by atoms with Gasteiger partial charge in [-0.25, -0.2) is 0 Å². The lowest BCUT2D eigenvalue weighted by atomic mass is 9.94. The molecule has 3 aromatic carbocycles. The number of carbonyl (C=O) groups excluding carboxylic acids is 2. The summed E-state index contributed by atoms with van der Waals surface area (Å²) < 4.78 is 0. The number of nitrogens with zero attached hydrogens (tertiary/aromatic N) is 2. The van der Waals surface area contributed by atoms with Crippen LogP contribution in [0.15, 0.2) is 60.8 Å². The Kier molecular flexibility index (Phi) is 4.67. The van der Waals surface area contributed by atoms with Crippen LogP contribution in [0.25, 0.3) is 43.8 Å². The SMILES string of the molecule is CN1CCN(C(=O)c2ccc3c(c2)[nH]c2c(C(N)=O)ccc(-c4cccc5[nH]ccc45)c23)CC1. The molecular formula is C27H25N5O2. The van der Waals surface area contributed by atoms with Crippen molar-refractivity contribution in [2.45, 2.75) is 0 Å². The van der Waals surface area contributed by atoms with Crippen molar-refractivity contribution in [3.8, 4) is 11.1 Å². The van der Waals surface area contributed by atoms with Crippen LogP contribution in [0.3, 0.4) is 0 Å². The molecule has 0 saturated carbocycles. The van der Waals surface area contributed by atoms with E-state index in [4.69, 9.17) is 5.73 Å². The molecule has 0 radical (unpaired) electrons. The Morgan fingerprint density at radius 2 is 1.71 bits per heavy atom. The summed E-state index contributed by atoms with van der Waals surface area (Å²) >= 11 is 0. The number of nitrogens with one attached hydrogen (secondary N) is 2. The number of rotatable bonds is 3. The van der Waals surface area contributed by atoms with Crippen molar-refractivity contribution in [1.29, 1.82) is 0 Å². The van der Waals surface area contributed by atoms with Gasteiger partial charge in [0.1, 0.15) is 0 Å². The number of nitrogens with two attached hydrogens (primary N) is 1. The number of amides is 2. The molecule has 34 heavy (non-hydrogen) atoms. The Morgan fingerprint density at radius 3 is 2.50 bits per heavy atom. The van der Waals surface area contributed by atoms with E-state index in [0.717, 1.165) is 64.5 Å². The minimum absolute atomic E-state index is 0.0288. The number of aromatic amines is 2. The molecule has 170 valence electrons. The summed E-state index contributed by atoms with van der Waals surface area (Å²) in [7, 11) is 2.07. The molecule has 0 unspecified atom stereocenters. The van der Waals surface area contributed by atoms with Crippen molar-refractivity contribution in [2.75, 3.05) is 33.2 Å². The summed E-state index contributed by atoms with van der Waals surface area (Å²) in [4.78, 5) is 36.2. The first-order valence-corrected chi connectivity index (χ1v) is 11.4. The number of aromatic nitrogens is 2. The molecule has 1 saturated heterocycles. The van der Waals surface area contributed by atoms with Gasteiger partial charge in [-0.05, 0) is 48.5 Å². The molecule has 0 atom stereocenters. The van der Waals surface area contributed by atoms with E-state index in [2.05, 4.69) is 34.0 Å². The fourth-order valence-electron chi connectivity index (χ4n) is 5.09. The van der Waals surface area contributed by atoms with E-state index < -0.39 is 5.91 Å². The molecule has 0 bridgehead atoms. The van der Waals surface area contributed by atoms with Crippen LogP contribution < -0.4 is 5.73 Å². The van der Waals surface area contributed by atoms with Gasteiger partial charge in [-0.2, -0.15) is 0 Å². The molecule has 0 spiro atoms. The van der Waals surface area contributed by atoms with Crippen LogP contribution >= 0.6 is 0 Å². The number of hydrogen-bond donors (Lipinski definition) is 3. The zero-order valence-electron chi connectivity index (χ0n) is 18.9. The first-order chi connectivity index (χ1) is 16.5. The maximum atomic E-state index is 13.2. The molecule has 1 aliphatic heterocycles. The smallest absolute Gasteiger partial charge is 0.254 e. The minimum atomic E-state index is -0.489. The lowest BCUT2D eigenvalue weighted by molar-refractivity contribution is 0.0664. The lowest BCUT2D eigenvalue weighted by Gasteiger charge is -2.32. The number of likely N-dealkylation sites (N-methyl/N-ethyl adjacent to an activating group) is 1. The number of H-pyrrole nitrogens is 2. The third-order valence-electron chi connectivity index (χ3n) is 6.94. The van der Waals surface area contributed by atoms with Gasteiger partial charge in [0.25, 0.3) is 11.8 Å². The summed E-state index contributed by atoms with van der Waals surface area (Å²) in [5.41, 5.74) is 11.4. The van der Waals surface area contributed by atoms with Crippen molar-refractivity contribution in [3.63, 3.8) is 0 Å². The van der Waals surface area contributed by atoms with E-state index in [-0.39, 0.29) is 5.91 Å². The monoisotopic (exact) mass is 451 g/mol. The van der Waals surface area contributed by atoms with Gasteiger partial charge in [-0.3, -0.25) is 9.59 Å². The maximum Gasteiger partial charge on any atom is 0.254 e. The second-order valence-corrected chi connectivity index (χ2v) is 9.00. The predicted octanol–water partition coefficient (Wildman–Crippen LogP) is 3.96. The number of carbonyl (C=O) groups is 2. The van der Waals surface area contributed by atoms with Crippen LogP contribution in [0.1, 0.15) is 20.7 Å². The summed E-state index contributed by atoms with van der Waals surface area (Å²) in [6.07, 6.45) is 1.93. The van der Waals surface area contributed by atoms with Crippen LogP contribution in [0.2, 0.25) is 0 Å². The van der Waals surface area contributed by atoms with Crippen molar-refractivity contribution in [2.24, 2.45) is 5.73 Å². The summed E-state index contributed by atoms with van der Waals surface area (Å²) in [6, 6.07) is 17.7. The largest absolute Gasteiger partial charge is 0.366 e. The summed E-state index contributed by atoms with van der Waals surface area (Å²) in [6.45, 7) is 3.18. The fraction of sp³-hybridized carbons (Fsp3) is 0.185. The zero-order valence-corrected chi connectivity index (χ0v) is 18.9. The fourth-order valence-corrected chi connectivity index (χ4v) is 5.09. The van der Waals surface area contributed by atoms with E-state index in [0.29, 0.717) is 16.6 Å². The molecule has 5 aromatic rings. The minimum Gasteiger partial charge on any atom is -0.366 e. The van der Waals surface area contributed by atoms with E-state index in [1.165, 1.54) is 0 Å². The van der Waals surface area contributed by atoms with Crippen LogP contribution in [-0.4, -0.2) is 64.8 Å². The molecule has 1 fully saturated rings. The van der Waals surface area contributed by atoms with Crippen molar-refractivity contribution in [3.05, 3.63) is 71.9 Å². The van der Waals surface area contributed by atoms with Gasteiger partial charge in [-0.15, -0.1) is 0 Å². The van der Waals surface area contributed by atoms with Gasteiger partial charge in [0.15, 0.2) is 0 Å². The molecule has 7 heteroatoms. The van der Waals surface area contributed by atoms with Crippen LogP contribution in [-0.2, 0) is 0 Å². The predicted molar refractivity (Wildman–Crippen MR) is 135 cm³/mol. The van der Waals surface area contributed by atoms with E-state index in [1.807, 2.05) is 47.5 Å². The summed E-state index contributed by atoms with van der Waals surface area (Å²) in [5.74, 6) is -0.460. The van der Waals surface area contributed by atoms with Crippen LogP contribution in [0.5, 0.6) is 0 Å². The van der Waals surface area contributed by atoms with Crippen molar-refractivity contribution < 1.29 is 9.59 Å².